The fourth-order valence-corrected chi connectivity index (χ4v) is 4.73. The Kier molecular flexibility index (Phi) is 5.39. The van der Waals surface area contributed by atoms with Crippen molar-refractivity contribution < 1.29 is 14.3 Å². The van der Waals surface area contributed by atoms with Crippen LogP contribution in [0.25, 0.3) is 10.2 Å². The molecule has 2 heterocycles. The lowest BCUT2D eigenvalue weighted by Crippen LogP contribution is -2.43. The van der Waals surface area contributed by atoms with Crippen LogP contribution >= 0.6 is 11.3 Å². The number of aromatic nitrogens is 1. The Morgan fingerprint density at radius 2 is 1.93 bits per heavy atom. The zero-order chi connectivity index (χ0) is 19.5. The highest BCUT2D eigenvalue weighted by molar-refractivity contribution is 7.18. The lowest BCUT2D eigenvalue weighted by atomic mass is 10.1. The van der Waals surface area contributed by atoms with E-state index in [4.69, 9.17) is 4.74 Å². The van der Waals surface area contributed by atoms with Crippen LogP contribution in [0.4, 0.5) is 5.69 Å². The van der Waals surface area contributed by atoms with E-state index in [1.807, 2.05) is 42.5 Å². The molecular formula is C22H22N2O3S. The number of anilines is 1. The summed E-state index contributed by atoms with van der Waals surface area (Å²) in [6.07, 6.45) is 3.45. The highest BCUT2D eigenvalue weighted by Crippen LogP contribution is 2.33. The Labute approximate surface area is 168 Å². The van der Waals surface area contributed by atoms with Gasteiger partial charge in [0, 0.05) is 18.5 Å². The molecule has 5 nitrogen and oxygen atoms in total. The first-order chi connectivity index (χ1) is 13.7. The number of hydrogen-bond donors (Lipinski definition) is 0. The number of nitrogens with zero attached hydrogens (tertiary/aromatic N) is 2. The van der Waals surface area contributed by atoms with Crippen molar-refractivity contribution in [3.05, 3.63) is 59.1 Å². The fourth-order valence-electron chi connectivity index (χ4n) is 3.72. The molecule has 0 bridgehead atoms. The molecule has 2 aromatic carbocycles. The average Bonchev–Trinajstić information content (AvgIpc) is 3.31. The van der Waals surface area contributed by atoms with Crippen LogP contribution in [0.15, 0.2) is 48.5 Å². The SMILES string of the molecule is COC(=O)C1Cc2ccccc2N1C(=O)CCCCc1nc2ccccc2s1. The summed E-state index contributed by atoms with van der Waals surface area (Å²) in [6.45, 7) is 0. The second-order valence-electron chi connectivity index (χ2n) is 6.92. The molecule has 144 valence electrons. The number of amides is 1. The number of hydrogen-bond acceptors (Lipinski definition) is 5. The van der Waals surface area contributed by atoms with Crippen molar-refractivity contribution >= 4 is 39.1 Å². The minimum Gasteiger partial charge on any atom is -0.467 e. The standard InChI is InChI=1S/C22H22N2O3S/c1-27-22(26)18-14-15-8-2-4-10-17(15)24(18)21(25)13-7-6-12-20-23-16-9-3-5-11-19(16)28-20/h2-5,8-11,18H,6-7,12-14H2,1H3. The van der Waals surface area contributed by atoms with Crippen molar-refractivity contribution in [1.82, 2.24) is 4.98 Å². The van der Waals surface area contributed by atoms with Crippen LogP contribution < -0.4 is 4.90 Å². The maximum Gasteiger partial charge on any atom is 0.329 e. The van der Waals surface area contributed by atoms with Gasteiger partial charge in [-0.05, 0) is 43.0 Å². The van der Waals surface area contributed by atoms with Gasteiger partial charge in [0.1, 0.15) is 6.04 Å². The Bertz CT molecular complexity index is 981. The van der Waals surface area contributed by atoms with Crippen LogP contribution in [0.1, 0.15) is 29.8 Å². The van der Waals surface area contributed by atoms with Gasteiger partial charge >= 0.3 is 5.97 Å². The third-order valence-corrected chi connectivity index (χ3v) is 6.18. The summed E-state index contributed by atoms with van der Waals surface area (Å²) in [4.78, 5) is 31.3. The van der Waals surface area contributed by atoms with Gasteiger partial charge < -0.3 is 4.74 Å². The predicted molar refractivity (Wildman–Crippen MR) is 111 cm³/mol. The number of ether oxygens (including phenoxy) is 1. The van der Waals surface area contributed by atoms with Crippen LogP contribution in [0, 0.1) is 0 Å². The Hall–Kier alpha value is -2.73. The molecule has 0 radical (unpaired) electrons. The molecule has 1 aliphatic heterocycles. The van der Waals surface area contributed by atoms with E-state index in [0.29, 0.717) is 12.8 Å². The van der Waals surface area contributed by atoms with Gasteiger partial charge in [0.15, 0.2) is 0 Å². The summed E-state index contributed by atoms with van der Waals surface area (Å²) in [5.74, 6) is -0.385. The van der Waals surface area contributed by atoms with Gasteiger partial charge in [-0.1, -0.05) is 30.3 Å². The van der Waals surface area contributed by atoms with E-state index in [-0.39, 0.29) is 11.9 Å². The smallest absolute Gasteiger partial charge is 0.329 e. The molecule has 0 saturated heterocycles. The molecule has 1 unspecified atom stereocenters. The fraction of sp³-hybridized carbons (Fsp3) is 0.318. The molecule has 0 aliphatic carbocycles. The molecule has 1 atom stereocenters. The number of rotatable bonds is 6. The Morgan fingerprint density at radius 1 is 1.14 bits per heavy atom. The van der Waals surface area contributed by atoms with Crippen LogP contribution in [0.5, 0.6) is 0 Å². The van der Waals surface area contributed by atoms with Crippen molar-refractivity contribution in [2.75, 3.05) is 12.0 Å². The molecule has 0 saturated carbocycles. The molecular weight excluding hydrogens is 372 g/mol. The third-order valence-electron chi connectivity index (χ3n) is 5.09. The monoisotopic (exact) mass is 394 g/mol. The topological polar surface area (TPSA) is 59.5 Å². The van der Waals surface area contributed by atoms with Crippen LogP contribution in [0.3, 0.4) is 0 Å². The summed E-state index contributed by atoms with van der Waals surface area (Å²) >= 11 is 1.71. The number of esters is 1. The van der Waals surface area contributed by atoms with E-state index >= 15 is 0 Å². The zero-order valence-corrected chi connectivity index (χ0v) is 16.6. The number of benzene rings is 2. The molecule has 6 heteroatoms. The zero-order valence-electron chi connectivity index (χ0n) is 15.8. The van der Waals surface area contributed by atoms with Gasteiger partial charge in [-0.3, -0.25) is 9.69 Å². The van der Waals surface area contributed by atoms with Gasteiger partial charge in [0.05, 0.1) is 22.3 Å². The summed E-state index contributed by atoms with van der Waals surface area (Å²) < 4.78 is 6.12. The maximum absolute atomic E-state index is 12.9. The molecule has 4 rings (SSSR count). The molecule has 28 heavy (non-hydrogen) atoms. The number of carbonyl (C=O) groups excluding carboxylic acids is 2. The number of fused-ring (bicyclic) bond motifs is 2. The van der Waals surface area contributed by atoms with Crippen molar-refractivity contribution in [1.29, 1.82) is 0 Å². The summed E-state index contributed by atoms with van der Waals surface area (Å²) in [5.41, 5.74) is 2.88. The molecule has 1 amide bonds. The maximum atomic E-state index is 12.9. The second kappa shape index (κ2) is 8.10. The summed E-state index contributed by atoms with van der Waals surface area (Å²) in [5, 5.41) is 1.10. The quantitative estimate of drug-likeness (QED) is 0.466. The van der Waals surface area contributed by atoms with Crippen molar-refractivity contribution in [3.8, 4) is 0 Å². The highest BCUT2D eigenvalue weighted by atomic mass is 32.1. The van der Waals surface area contributed by atoms with Crippen LogP contribution in [0.2, 0.25) is 0 Å². The second-order valence-corrected chi connectivity index (χ2v) is 8.03. The highest BCUT2D eigenvalue weighted by Gasteiger charge is 2.38. The first kappa shape index (κ1) is 18.6. The Balaban J connectivity index is 1.37. The molecule has 3 aromatic rings. The molecule has 1 aromatic heterocycles. The first-order valence-corrected chi connectivity index (χ1v) is 10.3. The number of para-hydroxylation sites is 2. The summed E-state index contributed by atoms with van der Waals surface area (Å²) in [6, 6.07) is 15.3. The summed E-state index contributed by atoms with van der Waals surface area (Å²) in [7, 11) is 1.37. The number of aryl methyl sites for hydroxylation is 1. The van der Waals surface area contributed by atoms with E-state index in [2.05, 4.69) is 11.1 Å². The minimum atomic E-state index is -0.556. The van der Waals surface area contributed by atoms with Crippen LogP contribution in [-0.2, 0) is 27.2 Å². The Morgan fingerprint density at radius 3 is 2.75 bits per heavy atom. The van der Waals surface area contributed by atoms with Gasteiger partial charge in [-0.25, -0.2) is 9.78 Å². The van der Waals surface area contributed by atoms with Crippen molar-refractivity contribution in [2.24, 2.45) is 0 Å². The molecule has 0 spiro atoms. The van der Waals surface area contributed by atoms with E-state index in [1.54, 1.807) is 16.2 Å². The lowest BCUT2D eigenvalue weighted by molar-refractivity contribution is -0.143. The average molecular weight is 394 g/mol. The van der Waals surface area contributed by atoms with E-state index in [9.17, 15) is 9.59 Å². The van der Waals surface area contributed by atoms with Gasteiger partial charge in [-0.2, -0.15) is 0 Å². The largest absolute Gasteiger partial charge is 0.467 e. The van der Waals surface area contributed by atoms with E-state index in [1.165, 1.54) is 11.8 Å². The normalized spacial score (nSPS) is 15.6. The lowest BCUT2D eigenvalue weighted by Gasteiger charge is -2.23. The number of unbranched alkanes of at least 4 members (excludes halogenated alkanes) is 1. The van der Waals surface area contributed by atoms with Crippen LogP contribution in [-0.4, -0.2) is 30.0 Å². The third kappa shape index (κ3) is 3.64. The van der Waals surface area contributed by atoms with Gasteiger partial charge in [-0.15, -0.1) is 11.3 Å². The van der Waals surface area contributed by atoms with Crippen molar-refractivity contribution in [2.45, 2.75) is 38.1 Å². The van der Waals surface area contributed by atoms with E-state index in [0.717, 1.165) is 41.0 Å². The molecule has 0 fully saturated rings. The van der Waals surface area contributed by atoms with Crippen molar-refractivity contribution in [3.63, 3.8) is 0 Å². The minimum absolute atomic E-state index is 0.0235. The molecule has 1 aliphatic rings. The van der Waals surface area contributed by atoms with Gasteiger partial charge in [0.2, 0.25) is 5.91 Å². The van der Waals surface area contributed by atoms with Gasteiger partial charge in [0.25, 0.3) is 0 Å². The van der Waals surface area contributed by atoms with E-state index < -0.39 is 6.04 Å². The number of thiazole rings is 1. The number of carbonyl (C=O) groups is 2. The molecule has 0 N–H and O–H groups in total. The predicted octanol–water partition coefficient (Wildman–Crippen LogP) is 4.14. The number of methoxy groups -OCH3 is 1. The first-order valence-electron chi connectivity index (χ1n) is 9.49.